The molecule has 0 fully saturated rings. The van der Waals surface area contributed by atoms with Crippen molar-refractivity contribution >= 4 is 27.5 Å². The lowest BCUT2D eigenvalue weighted by Crippen LogP contribution is -2.19. The Kier molecular flexibility index (Phi) is 4.94. The maximum Gasteiger partial charge on any atom is 0.337 e. The van der Waals surface area contributed by atoms with Crippen molar-refractivity contribution in [3.05, 3.63) is 27.9 Å². The van der Waals surface area contributed by atoms with Gasteiger partial charge in [-0.05, 0) is 6.42 Å². The van der Waals surface area contributed by atoms with Crippen molar-refractivity contribution < 1.29 is 23.2 Å². The first-order valence-electron chi connectivity index (χ1n) is 5.33. The van der Waals surface area contributed by atoms with E-state index in [1.165, 1.54) is 0 Å². The van der Waals surface area contributed by atoms with Gasteiger partial charge < -0.3 is 10.4 Å². The molecule has 0 saturated heterocycles. The van der Waals surface area contributed by atoms with E-state index >= 15 is 0 Å². The van der Waals surface area contributed by atoms with Crippen LogP contribution in [0.3, 0.4) is 0 Å². The highest BCUT2D eigenvalue weighted by molar-refractivity contribution is 7.89. The Balaban J connectivity index is 2.79. The predicted molar refractivity (Wildman–Crippen MR) is 68.9 cm³/mol. The Morgan fingerprint density at radius 3 is 2.70 bits per heavy atom. The molecular formula is C9H12N4O6S. The van der Waals surface area contributed by atoms with E-state index in [4.69, 9.17) is 10.2 Å². The van der Waals surface area contributed by atoms with Crippen LogP contribution in [0.25, 0.3) is 0 Å². The average molecular weight is 304 g/mol. The SMILES string of the molecule is NS(=O)(=O)CCCNc1ncc(C(=O)O)cc1[N+](=O)[O-]. The highest BCUT2D eigenvalue weighted by atomic mass is 32.2. The van der Waals surface area contributed by atoms with E-state index in [1.807, 2.05) is 0 Å². The van der Waals surface area contributed by atoms with Gasteiger partial charge in [0.1, 0.15) is 0 Å². The minimum absolute atomic E-state index is 0.0939. The number of primary sulfonamides is 1. The molecule has 110 valence electrons. The lowest BCUT2D eigenvalue weighted by atomic mass is 10.2. The summed E-state index contributed by atoms with van der Waals surface area (Å²) < 4.78 is 21.4. The second kappa shape index (κ2) is 6.25. The Morgan fingerprint density at radius 2 is 2.20 bits per heavy atom. The molecule has 0 atom stereocenters. The number of rotatable bonds is 7. The first-order valence-corrected chi connectivity index (χ1v) is 7.04. The molecule has 20 heavy (non-hydrogen) atoms. The van der Waals surface area contributed by atoms with E-state index in [0.29, 0.717) is 0 Å². The third-order valence-corrected chi connectivity index (χ3v) is 3.07. The first-order chi connectivity index (χ1) is 9.20. The predicted octanol–water partition coefficient (Wildman–Crippen LogP) is -0.221. The number of hydrogen-bond acceptors (Lipinski definition) is 7. The lowest BCUT2D eigenvalue weighted by Gasteiger charge is -2.06. The Labute approximate surface area is 113 Å². The van der Waals surface area contributed by atoms with Gasteiger partial charge in [0.25, 0.3) is 0 Å². The van der Waals surface area contributed by atoms with E-state index in [1.54, 1.807) is 0 Å². The molecule has 1 rings (SSSR count). The van der Waals surface area contributed by atoms with Gasteiger partial charge in [0.15, 0.2) is 0 Å². The van der Waals surface area contributed by atoms with Crippen molar-refractivity contribution in [3.63, 3.8) is 0 Å². The maximum absolute atomic E-state index is 10.8. The zero-order chi connectivity index (χ0) is 15.3. The molecular weight excluding hydrogens is 292 g/mol. The summed E-state index contributed by atoms with van der Waals surface area (Å²) in [4.78, 5) is 24.4. The highest BCUT2D eigenvalue weighted by Crippen LogP contribution is 2.22. The lowest BCUT2D eigenvalue weighted by molar-refractivity contribution is -0.384. The van der Waals surface area contributed by atoms with Crippen LogP contribution in [0, 0.1) is 10.1 Å². The fourth-order valence-corrected chi connectivity index (χ4v) is 1.87. The van der Waals surface area contributed by atoms with Crippen LogP contribution in [0.2, 0.25) is 0 Å². The molecule has 0 unspecified atom stereocenters. The van der Waals surface area contributed by atoms with Crippen LogP contribution in [0.15, 0.2) is 12.3 Å². The summed E-state index contributed by atoms with van der Waals surface area (Å²) in [6.45, 7) is 0.0939. The normalized spacial score (nSPS) is 11.1. The summed E-state index contributed by atoms with van der Waals surface area (Å²) in [5.74, 6) is -1.74. The molecule has 0 aliphatic carbocycles. The van der Waals surface area contributed by atoms with Gasteiger partial charge in [-0.1, -0.05) is 0 Å². The zero-order valence-corrected chi connectivity index (χ0v) is 11.0. The van der Waals surface area contributed by atoms with Gasteiger partial charge in [-0.3, -0.25) is 10.1 Å². The zero-order valence-electron chi connectivity index (χ0n) is 10.1. The molecule has 1 aromatic rings. The van der Waals surface area contributed by atoms with Crippen LogP contribution < -0.4 is 10.5 Å². The molecule has 0 radical (unpaired) electrons. The molecule has 0 saturated carbocycles. The number of aromatic carboxylic acids is 1. The summed E-state index contributed by atoms with van der Waals surface area (Å²) in [6.07, 6.45) is 1.11. The summed E-state index contributed by atoms with van der Waals surface area (Å²) in [5.41, 5.74) is -0.813. The molecule has 11 heteroatoms. The minimum Gasteiger partial charge on any atom is -0.478 e. The number of nitrogens with zero attached hydrogens (tertiary/aromatic N) is 2. The molecule has 0 amide bonds. The molecule has 0 aromatic carbocycles. The highest BCUT2D eigenvalue weighted by Gasteiger charge is 2.18. The van der Waals surface area contributed by atoms with Gasteiger partial charge in [-0.15, -0.1) is 0 Å². The second-order valence-corrected chi connectivity index (χ2v) is 5.54. The third-order valence-electron chi connectivity index (χ3n) is 2.21. The van der Waals surface area contributed by atoms with Gasteiger partial charge in [0.2, 0.25) is 15.8 Å². The quantitative estimate of drug-likeness (QED) is 0.353. The van der Waals surface area contributed by atoms with Crippen LogP contribution in [0.1, 0.15) is 16.8 Å². The Bertz CT molecular complexity index is 629. The molecule has 0 bridgehead atoms. The van der Waals surface area contributed by atoms with Gasteiger partial charge >= 0.3 is 11.7 Å². The van der Waals surface area contributed by atoms with Crippen LogP contribution in [0.5, 0.6) is 0 Å². The summed E-state index contributed by atoms with van der Waals surface area (Å²) in [6, 6.07) is 0.872. The number of nitrogens with two attached hydrogens (primary N) is 1. The molecule has 4 N–H and O–H groups in total. The number of carboxylic acid groups (broad SMARTS) is 1. The van der Waals surface area contributed by atoms with Crippen molar-refractivity contribution in [2.45, 2.75) is 6.42 Å². The molecule has 1 aromatic heterocycles. The monoisotopic (exact) mass is 304 g/mol. The van der Waals surface area contributed by atoms with Crippen LogP contribution >= 0.6 is 0 Å². The van der Waals surface area contributed by atoms with E-state index in [9.17, 15) is 23.3 Å². The molecule has 0 aliphatic rings. The van der Waals surface area contributed by atoms with Crippen molar-refractivity contribution in [2.24, 2.45) is 5.14 Å². The fraction of sp³-hybridized carbons (Fsp3) is 0.333. The standard InChI is InChI=1S/C9H12N4O6S/c10-20(18,19)3-1-2-11-8-7(13(16)17)4-6(5-12-8)9(14)15/h4-5H,1-3H2,(H,11,12)(H,14,15)(H2,10,18,19). The van der Waals surface area contributed by atoms with Crippen molar-refractivity contribution in [2.75, 3.05) is 17.6 Å². The number of anilines is 1. The number of aromatic nitrogens is 1. The van der Waals surface area contributed by atoms with E-state index in [-0.39, 0.29) is 30.1 Å². The number of sulfonamides is 1. The van der Waals surface area contributed by atoms with E-state index in [2.05, 4.69) is 10.3 Å². The second-order valence-electron chi connectivity index (χ2n) is 3.80. The number of nitrogens with one attached hydrogen (secondary N) is 1. The van der Waals surface area contributed by atoms with Gasteiger partial charge in [0, 0.05) is 18.8 Å². The number of hydrogen-bond donors (Lipinski definition) is 3. The van der Waals surface area contributed by atoms with Gasteiger partial charge in [0.05, 0.1) is 16.2 Å². The van der Waals surface area contributed by atoms with Crippen molar-refractivity contribution in [1.82, 2.24) is 4.98 Å². The minimum atomic E-state index is -3.59. The molecule has 1 heterocycles. The topological polar surface area (TPSA) is 166 Å². The molecule has 0 aliphatic heterocycles. The van der Waals surface area contributed by atoms with E-state index < -0.39 is 26.6 Å². The van der Waals surface area contributed by atoms with Crippen molar-refractivity contribution in [1.29, 1.82) is 0 Å². The largest absolute Gasteiger partial charge is 0.478 e. The number of carboxylic acids is 1. The number of pyridine rings is 1. The third kappa shape index (κ3) is 4.78. The Hall–Kier alpha value is -2.27. The van der Waals surface area contributed by atoms with Crippen molar-refractivity contribution in [3.8, 4) is 0 Å². The van der Waals surface area contributed by atoms with E-state index in [0.717, 1.165) is 12.3 Å². The van der Waals surface area contributed by atoms with Crippen LogP contribution in [-0.4, -0.2) is 41.7 Å². The first kappa shape index (κ1) is 15.8. The average Bonchev–Trinajstić information content (AvgIpc) is 2.33. The van der Waals surface area contributed by atoms with Gasteiger partial charge in [-0.25, -0.2) is 23.3 Å². The van der Waals surface area contributed by atoms with Crippen LogP contribution in [0.4, 0.5) is 11.5 Å². The smallest absolute Gasteiger partial charge is 0.337 e. The summed E-state index contributed by atoms with van der Waals surface area (Å²) in [5, 5.41) is 26.9. The number of carbonyl (C=O) groups is 1. The summed E-state index contributed by atoms with van der Waals surface area (Å²) in [7, 11) is -3.59. The van der Waals surface area contributed by atoms with Gasteiger partial charge in [-0.2, -0.15) is 0 Å². The molecule has 10 nitrogen and oxygen atoms in total. The fourth-order valence-electron chi connectivity index (χ4n) is 1.33. The summed E-state index contributed by atoms with van der Waals surface area (Å²) >= 11 is 0. The number of nitro groups is 1. The maximum atomic E-state index is 10.8. The van der Waals surface area contributed by atoms with Crippen LogP contribution in [-0.2, 0) is 10.0 Å². The molecule has 0 spiro atoms. The Morgan fingerprint density at radius 1 is 1.55 bits per heavy atom.